The number of likely N-dealkylation sites (tertiary alicyclic amines) is 1. The van der Waals surface area contributed by atoms with Gasteiger partial charge in [-0.15, -0.1) is 11.3 Å². The Kier molecular flexibility index (Phi) is 8.15. The predicted octanol–water partition coefficient (Wildman–Crippen LogP) is 6.15. The molecule has 0 unspecified atom stereocenters. The Morgan fingerprint density at radius 2 is 1.90 bits per heavy atom. The van der Waals surface area contributed by atoms with Crippen molar-refractivity contribution in [1.82, 2.24) is 9.88 Å². The average Bonchev–Trinajstić information content (AvgIpc) is 3.19. The first-order chi connectivity index (χ1) is 19.2. The number of benzene rings is 1. The molecule has 1 atom stereocenters. The number of pyridine rings is 1. The molecule has 1 saturated heterocycles. The third-order valence-electron chi connectivity index (χ3n) is 7.35. The Morgan fingerprint density at radius 1 is 1.18 bits per heavy atom. The number of hydrogen-bond donors (Lipinski definition) is 2. The number of thiophene rings is 1. The Balaban J connectivity index is 1.62. The number of aliphatic imine (C=N–C) groups is 1. The highest BCUT2D eigenvalue weighted by Crippen LogP contribution is 2.40. The Morgan fingerprint density at radius 3 is 2.55 bits per heavy atom. The van der Waals surface area contributed by atoms with Crippen LogP contribution in [0.5, 0.6) is 0 Å². The van der Waals surface area contributed by atoms with Crippen LogP contribution in [-0.4, -0.2) is 52.3 Å². The lowest BCUT2D eigenvalue weighted by Gasteiger charge is -2.31. The van der Waals surface area contributed by atoms with Gasteiger partial charge in [0.25, 0.3) is 0 Å². The van der Waals surface area contributed by atoms with E-state index in [1.54, 1.807) is 24.2 Å². The highest BCUT2D eigenvalue weighted by atomic mass is 35.5. The van der Waals surface area contributed by atoms with Gasteiger partial charge in [-0.2, -0.15) is 0 Å². The summed E-state index contributed by atoms with van der Waals surface area (Å²) in [5, 5.41) is 19.2. The second kappa shape index (κ2) is 11.7. The third kappa shape index (κ3) is 5.72. The molecule has 9 heteroatoms. The van der Waals surface area contributed by atoms with Crippen molar-refractivity contribution in [2.75, 3.05) is 18.0 Å². The van der Waals surface area contributed by atoms with Crippen molar-refractivity contribution in [1.29, 1.82) is 10.8 Å². The summed E-state index contributed by atoms with van der Waals surface area (Å²) < 4.78 is 0. The zero-order valence-corrected chi connectivity index (χ0v) is 24.4. The fraction of sp³-hybridized carbons (Fsp3) is 0.323. The van der Waals surface area contributed by atoms with Crippen LogP contribution in [0.1, 0.15) is 60.2 Å². The van der Waals surface area contributed by atoms with E-state index in [1.807, 2.05) is 48.2 Å². The van der Waals surface area contributed by atoms with Gasteiger partial charge in [0, 0.05) is 47.2 Å². The summed E-state index contributed by atoms with van der Waals surface area (Å²) in [6.45, 7) is 7.33. The van der Waals surface area contributed by atoms with Gasteiger partial charge in [-0.25, -0.2) is 0 Å². The lowest BCUT2D eigenvalue weighted by atomic mass is 9.98. The van der Waals surface area contributed by atoms with Gasteiger partial charge in [0.15, 0.2) is 0 Å². The smallest absolute Gasteiger partial charge is 0.225 e. The van der Waals surface area contributed by atoms with E-state index in [-0.39, 0.29) is 24.0 Å². The molecule has 5 rings (SSSR count). The monoisotopic (exact) mass is 570 g/mol. The van der Waals surface area contributed by atoms with Crippen LogP contribution in [0.3, 0.4) is 0 Å². The molecule has 2 aliphatic heterocycles. The Bertz CT molecular complexity index is 1540. The van der Waals surface area contributed by atoms with Crippen molar-refractivity contribution in [3.63, 3.8) is 0 Å². The molecular formula is C31H31ClN6OS. The summed E-state index contributed by atoms with van der Waals surface area (Å²) in [7, 11) is 0. The minimum atomic E-state index is -0.734. The van der Waals surface area contributed by atoms with Gasteiger partial charge < -0.3 is 4.90 Å². The number of nitrogens with zero attached hydrogens (tertiary/aromatic N) is 4. The number of piperidine rings is 1. The van der Waals surface area contributed by atoms with Crippen molar-refractivity contribution in [2.45, 2.75) is 46.1 Å². The van der Waals surface area contributed by atoms with E-state index in [1.165, 1.54) is 11.3 Å². The summed E-state index contributed by atoms with van der Waals surface area (Å²) >= 11 is 7.65. The molecule has 1 amide bonds. The third-order valence-corrected chi connectivity index (χ3v) is 8.79. The molecule has 2 aromatic heterocycles. The Hall–Kier alpha value is -3.80. The van der Waals surface area contributed by atoms with Crippen molar-refractivity contribution < 1.29 is 4.79 Å². The molecule has 0 saturated carbocycles. The van der Waals surface area contributed by atoms with Gasteiger partial charge in [-0.3, -0.25) is 30.5 Å². The van der Waals surface area contributed by atoms with E-state index in [4.69, 9.17) is 22.0 Å². The molecule has 1 aromatic carbocycles. The van der Waals surface area contributed by atoms with Crippen molar-refractivity contribution in [3.05, 3.63) is 80.9 Å². The first-order valence-electron chi connectivity index (χ1n) is 13.3. The van der Waals surface area contributed by atoms with Gasteiger partial charge in [0.2, 0.25) is 5.91 Å². The molecule has 2 aliphatic rings. The van der Waals surface area contributed by atoms with E-state index in [0.717, 1.165) is 53.1 Å². The molecule has 204 valence electrons. The van der Waals surface area contributed by atoms with E-state index in [0.29, 0.717) is 21.7 Å². The molecule has 3 aromatic rings. The largest absolute Gasteiger partial charge is 0.343 e. The number of anilines is 1. The highest BCUT2D eigenvalue weighted by Gasteiger charge is 2.36. The molecule has 0 radical (unpaired) electrons. The van der Waals surface area contributed by atoms with Crippen LogP contribution >= 0.6 is 22.9 Å². The van der Waals surface area contributed by atoms with Gasteiger partial charge in [-0.05, 0) is 62.4 Å². The zero-order valence-electron chi connectivity index (χ0n) is 22.8. The Labute approximate surface area is 243 Å². The number of aromatic nitrogens is 1. The lowest BCUT2D eigenvalue weighted by molar-refractivity contribution is -0.132. The number of nitrogens with one attached hydrogen (secondary N) is 2. The average molecular weight is 571 g/mol. The first-order valence-corrected chi connectivity index (χ1v) is 14.5. The number of fused-ring (bicyclic) bond motifs is 1. The molecule has 0 aliphatic carbocycles. The fourth-order valence-electron chi connectivity index (χ4n) is 5.01. The minimum Gasteiger partial charge on any atom is -0.343 e. The molecule has 0 spiro atoms. The van der Waals surface area contributed by atoms with Crippen LogP contribution in [0.15, 0.2) is 53.8 Å². The van der Waals surface area contributed by atoms with Crippen LogP contribution in [0, 0.1) is 35.5 Å². The van der Waals surface area contributed by atoms with Crippen LogP contribution < -0.4 is 4.90 Å². The quantitative estimate of drug-likeness (QED) is 0.224. The highest BCUT2D eigenvalue weighted by molar-refractivity contribution is 7.17. The van der Waals surface area contributed by atoms with Crippen LogP contribution in [0.2, 0.25) is 5.02 Å². The molecule has 4 heterocycles. The number of carbonyl (C=O) groups excluding carboxylic acids is 1. The van der Waals surface area contributed by atoms with Crippen molar-refractivity contribution in [2.24, 2.45) is 10.9 Å². The second-order valence-corrected chi connectivity index (χ2v) is 11.7. The number of carbonyl (C=O) groups is 1. The van der Waals surface area contributed by atoms with Crippen molar-refractivity contribution in [3.8, 4) is 11.8 Å². The predicted molar refractivity (Wildman–Crippen MR) is 163 cm³/mol. The topological polar surface area (TPSA) is 96.5 Å². The summed E-state index contributed by atoms with van der Waals surface area (Å²) in [5.74, 6) is 7.37. The van der Waals surface area contributed by atoms with E-state index >= 15 is 0 Å². The van der Waals surface area contributed by atoms with Gasteiger partial charge >= 0.3 is 0 Å². The SMILES string of the molecule is CC(=N)N1C(=N)[C@H](CC(=O)N2CCC(C)CC2)N=C(c2ccc(Cl)cc2)c2c1sc(C#Cc1cccnc1)c2C. The zero-order chi connectivity index (χ0) is 28.4. The first kappa shape index (κ1) is 27.8. The summed E-state index contributed by atoms with van der Waals surface area (Å²) in [4.78, 5) is 27.0. The molecule has 7 nitrogen and oxygen atoms in total. The number of amidine groups is 2. The van der Waals surface area contributed by atoms with Crippen LogP contribution in [0.25, 0.3) is 0 Å². The van der Waals surface area contributed by atoms with Gasteiger partial charge in [-0.1, -0.05) is 42.5 Å². The van der Waals surface area contributed by atoms with E-state index < -0.39 is 6.04 Å². The van der Waals surface area contributed by atoms with E-state index in [9.17, 15) is 10.2 Å². The standard InChI is InChI=1S/C31H31ClN6OS/c1-19-12-15-37(16-13-19)27(39)17-25-30(34)38(21(3)33)31-28(29(36-25)23-7-9-24(32)10-8-23)20(2)26(40-31)11-6-22-5-4-14-35-18-22/h4-5,7-10,14,18-19,25,33-34H,12-13,15-17H2,1-3H3/t25-/m0/s1. The van der Waals surface area contributed by atoms with Crippen molar-refractivity contribution >= 4 is 51.2 Å². The molecular weight excluding hydrogens is 540 g/mol. The molecule has 40 heavy (non-hydrogen) atoms. The molecule has 0 bridgehead atoms. The molecule has 2 N–H and O–H groups in total. The number of rotatable bonds is 3. The summed E-state index contributed by atoms with van der Waals surface area (Å²) in [5.41, 5.74) is 4.05. The van der Waals surface area contributed by atoms with Gasteiger partial charge in [0.05, 0.1) is 17.0 Å². The summed E-state index contributed by atoms with van der Waals surface area (Å²) in [6, 6.07) is 10.5. The lowest BCUT2D eigenvalue weighted by Crippen LogP contribution is -2.44. The molecule has 1 fully saturated rings. The maximum Gasteiger partial charge on any atom is 0.225 e. The number of halogens is 1. The minimum absolute atomic E-state index is 0.00607. The van der Waals surface area contributed by atoms with Crippen LogP contribution in [0.4, 0.5) is 5.00 Å². The normalized spacial score (nSPS) is 17.4. The fourth-order valence-corrected chi connectivity index (χ4v) is 6.37. The number of hydrogen-bond acceptors (Lipinski definition) is 6. The van der Waals surface area contributed by atoms with Gasteiger partial charge in [0.1, 0.15) is 22.7 Å². The maximum absolute atomic E-state index is 13.4. The van der Waals surface area contributed by atoms with Crippen LogP contribution in [-0.2, 0) is 4.79 Å². The number of amides is 1. The second-order valence-electron chi connectivity index (χ2n) is 10.3. The maximum atomic E-state index is 13.4. The summed E-state index contributed by atoms with van der Waals surface area (Å²) in [6.07, 6.45) is 5.48. The van der Waals surface area contributed by atoms with E-state index in [2.05, 4.69) is 23.7 Å².